The maximum Gasteiger partial charge on any atom is 0.00643 e. The molecule has 0 aromatic carbocycles. The largest absolute Gasteiger partial charge is 0.327 e. The van der Waals surface area contributed by atoms with Gasteiger partial charge >= 0.3 is 0 Å². The Morgan fingerprint density at radius 3 is 2.00 bits per heavy atom. The van der Waals surface area contributed by atoms with E-state index in [1.807, 2.05) is 0 Å². The highest BCUT2D eigenvalue weighted by molar-refractivity contribution is 4.84. The number of rotatable bonds is 1. The van der Waals surface area contributed by atoms with E-state index in [0.717, 1.165) is 0 Å². The van der Waals surface area contributed by atoms with Crippen LogP contribution in [-0.4, -0.2) is 6.04 Å². The molecule has 10 heavy (non-hydrogen) atoms. The maximum atomic E-state index is 5.90. The molecule has 1 aliphatic carbocycles. The molecule has 0 saturated heterocycles. The van der Waals surface area contributed by atoms with Gasteiger partial charge in [-0.05, 0) is 25.2 Å². The Balaban J connectivity index is 2.48. The molecule has 0 unspecified atom stereocenters. The molecule has 1 atom stereocenters. The fourth-order valence-corrected chi connectivity index (χ4v) is 1.81. The molecule has 1 fully saturated rings. The van der Waals surface area contributed by atoms with Crippen LogP contribution < -0.4 is 5.73 Å². The third kappa shape index (κ3) is 1.51. The standard InChI is InChI=1S/C9H19N/c1-8(10)9(2)6-4-3-5-7-9/h8H,3-7,10H2,1-2H3/t8-/m0/s1. The molecule has 0 aromatic heterocycles. The van der Waals surface area contributed by atoms with Crippen LogP contribution in [0.15, 0.2) is 0 Å². The predicted octanol–water partition coefficient (Wildman–Crippen LogP) is 2.30. The average molecular weight is 141 g/mol. The molecule has 0 radical (unpaired) electrons. The van der Waals surface area contributed by atoms with E-state index in [1.165, 1.54) is 32.1 Å². The monoisotopic (exact) mass is 141 g/mol. The van der Waals surface area contributed by atoms with Crippen molar-refractivity contribution in [3.05, 3.63) is 0 Å². The van der Waals surface area contributed by atoms with Gasteiger partial charge in [0.15, 0.2) is 0 Å². The van der Waals surface area contributed by atoms with Gasteiger partial charge in [0.25, 0.3) is 0 Å². The lowest BCUT2D eigenvalue weighted by atomic mass is 9.71. The van der Waals surface area contributed by atoms with Crippen LogP contribution in [0.2, 0.25) is 0 Å². The zero-order valence-corrected chi connectivity index (χ0v) is 7.19. The number of hydrogen-bond acceptors (Lipinski definition) is 1. The van der Waals surface area contributed by atoms with Gasteiger partial charge in [0.1, 0.15) is 0 Å². The molecule has 1 saturated carbocycles. The van der Waals surface area contributed by atoms with Gasteiger partial charge in [-0.1, -0.05) is 26.2 Å². The molecule has 60 valence electrons. The number of hydrogen-bond donors (Lipinski definition) is 1. The van der Waals surface area contributed by atoms with Crippen LogP contribution >= 0.6 is 0 Å². The third-order valence-electron chi connectivity index (χ3n) is 3.10. The van der Waals surface area contributed by atoms with Crippen molar-refractivity contribution < 1.29 is 0 Å². The molecule has 1 aliphatic rings. The molecule has 0 bridgehead atoms. The summed E-state index contributed by atoms with van der Waals surface area (Å²) < 4.78 is 0. The van der Waals surface area contributed by atoms with Crippen molar-refractivity contribution in [3.8, 4) is 0 Å². The van der Waals surface area contributed by atoms with Crippen LogP contribution in [0, 0.1) is 5.41 Å². The highest BCUT2D eigenvalue weighted by atomic mass is 14.7. The Morgan fingerprint density at radius 1 is 1.20 bits per heavy atom. The van der Waals surface area contributed by atoms with Crippen molar-refractivity contribution in [2.75, 3.05) is 0 Å². The van der Waals surface area contributed by atoms with Gasteiger partial charge in [0.2, 0.25) is 0 Å². The highest BCUT2D eigenvalue weighted by Crippen LogP contribution is 2.37. The SMILES string of the molecule is C[C@H](N)C1(C)CCCCC1. The Kier molecular flexibility index (Phi) is 2.35. The van der Waals surface area contributed by atoms with E-state index in [9.17, 15) is 0 Å². The van der Waals surface area contributed by atoms with Gasteiger partial charge in [-0.3, -0.25) is 0 Å². The predicted molar refractivity (Wildman–Crippen MR) is 44.8 cm³/mol. The smallest absolute Gasteiger partial charge is 0.00643 e. The average Bonchev–Trinajstić information content (AvgIpc) is 1.89. The quantitative estimate of drug-likeness (QED) is 0.595. The summed E-state index contributed by atoms with van der Waals surface area (Å²) in [4.78, 5) is 0. The second-order valence-corrected chi connectivity index (χ2v) is 4.00. The van der Waals surface area contributed by atoms with Crippen molar-refractivity contribution in [2.45, 2.75) is 52.0 Å². The molecule has 1 heteroatoms. The fourth-order valence-electron chi connectivity index (χ4n) is 1.81. The Labute approximate surface area is 64.0 Å². The van der Waals surface area contributed by atoms with Gasteiger partial charge in [0.05, 0.1) is 0 Å². The van der Waals surface area contributed by atoms with E-state index in [0.29, 0.717) is 11.5 Å². The minimum absolute atomic E-state index is 0.382. The first-order valence-corrected chi connectivity index (χ1v) is 4.41. The van der Waals surface area contributed by atoms with Crippen LogP contribution in [0.5, 0.6) is 0 Å². The van der Waals surface area contributed by atoms with Gasteiger partial charge in [0, 0.05) is 6.04 Å². The molecule has 1 nitrogen and oxygen atoms in total. The summed E-state index contributed by atoms with van der Waals surface area (Å²) in [6.45, 7) is 4.47. The summed E-state index contributed by atoms with van der Waals surface area (Å²) in [5.74, 6) is 0. The highest BCUT2D eigenvalue weighted by Gasteiger charge is 2.29. The topological polar surface area (TPSA) is 26.0 Å². The van der Waals surface area contributed by atoms with Crippen LogP contribution in [-0.2, 0) is 0 Å². The van der Waals surface area contributed by atoms with E-state index in [1.54, 1.807) is 0 Å². The first-order valence-electron chi connectivity index (χ1n) is 4.41. The van der Waals surface area contributed by atoms with E-state index < -0.39 is 0 Å². The summed E-state index contributed by atoms with van der Waals surface area (Å²) in [6, 6.07) is 0.382. The molecule has 0 aromatic rings. The zero-order chi connectivity index (χ0) is 7.61. The van der Waals surface area contributed by atoms with Gasteiger partial charge in [-0.15, -0.1) is 0 Å². The van der Waals surface area contributed by atoms with Crippen LogP contribution in [0.25, 0.3) is 0 Å². The van der Waals surface area contributed by atoms with E-state index in [4.69, 9.17) is 5.73 Å². The first-order chi connectivity index (χ1) is 4.65. The van der Waals surface area contributed by atoms with Crippen LogP contribution in [0.4, 0.5) is 0 Å². The summed E-state index contributed by atoms with van der Waals surface area (Å²) in [6.07, 6.45) is 6.87. The van der Waals surface area contributed by atoms with Crippen molar-refractivity contribution in [1.29, 1.82) is 0 Å². The summed E-state index contributed by atoms with van der Waals surface area (Å²) in [7, 11) is 0. The maximum absolute atomic E-state index is 5.90. The Bertz CT molecular complexity index is 101. The summed E-state index contributed by atoms with van der Waals surface area (Å²) in [5.41, 5.74) is 6.36. The normalized spacial score (nSPS) is 27.9. The van der Waals surface area contributed by atoms with Crippen molar-refractivity contribution in [3.63, 3.8) is 0 Å². The molecule has 2 N–H and O–H groups in total. The number of nitrogens with two attached hydrogens (primary N) is 1. The lowest BCUT2D eigenvalue weighted by Gasteiger charge is -2.37. The van der Waals surface area contributed by atoms with E-state index >= 15 is 0 Å². The third-order valence-corrected chi connectivity index (χ3v) is 3.10. The first kappa shape index (κ1) is 8.06. The van der Waals surface area contributed by atoms with Crippen molar-refractivity contribution in [1.82, 2.24) is 0 Å². The van der Waals surface area contributed by atoms with E-state index in [2.05, 4.69) is 13.8 Å². The van der Waals surface area contributed by atoms with Crippen molar-refractivity contribution >= 4 is 0 Å². The van der Waals surface area contributed by atoms with E-state index in [-0.39, 0.29) is 0 Å². The lowest BCUT2D eigenvalue weighted by molar-refractivity contribution is 0.179. The molecule has 0 aliphatic heterocycles. The summed E-state index contributed by atoms with van der Waals surface area (Å²) in [5, 5.41) is 0. The molecular weight excluding hydrogens is 122 g/mol. The molecule has 0 amide bonds. The van der Waals surface area contributed by atoms with Gasteiger partial charge in [-0.25, -0.2) is 0 Å². The van der Waals surface area contributed by atoms with Gasteiger partial charge < -0.3 is 5.73 Å². The Morgan fingerprint density at radius 2 is 1.70 bits per heavy atom. The van der Waals surface area contributed by atoms with Crippen LogP contribution in [0.3, 0.4) is 0 Å². The second-order valence-electron chi connectivity index (χ2n) is 4.00. The zero-order valence-electron chi connectivity index (χ0n) is 7.19. The minimum Gasteiger partial charge on any atom is -0.327 e. The Hall–Kier alpha value is -0.0400. The summed E-state index contributed by atoms with van der Waals surface area (Å²) >= 11 is 0. The second kappa shape index (κ2) is 2.91. The van der Waals surface area contributed by atoms with Crippen LogP contribution in [0.1, 0.15) is 46.0 Å². The molecular formula is C9H19N. The fraction of sp³-hybridized carbons (Fsp3) is 1.00. The molecule has 1 rings (SSSR count). The molecule has 0 heterocycles. The lowest BCUT2D eigenvalue weighted by Crippen LogP contribution is -2.38. The molecule has 0 spiro atoms. The minimum atomic E-state index is 0.382. The van der Waals surface area contributed by atoms with Crippen molar-refractivity contribution in [2.24, 2.45) is 11.1 Å². The van der Waals surface area contributed by atoms with Gasteiger partial charge in [-0.2, -0.15) is 0 Å².